The molecule has 3 aromatic rings. The van der Waals surface area contributed by atoms with Crippen molar-refractivity contribution in [2.24, 2.45) is 0 Å². The molecule has 3 rings (SSSR count). The van der Waals surface area contributed by atoms with Crippen LogP contribution in [-0.2, 0) is 0 Å². The lowest BCUT2D eigenvalue weighted by molar-refractivity contribution is 0.209. The van der Waals surface area contributed by atoms with Crippen molar-refractivity contribution in [1.29, 1.82) is 0 Å². The maximum Gasteiger partial charge on any atom is 0.411 e. The zero-order valence-electron chi connectivity index (χ0n) is 11.9. The normalized spacial score (nSPS) is 10.8. The summed E-state index contributed by atoms with van der Waals surface area (Å²) in [6.45, 7) is 3.86. The molecule has 0 aliphatic heterocycles. The third-order valence-electron chi connectivity index (χ3n) is 2.85. The standard InChI is InChI=1S/C14H13N5O2S/c1-7-5-8(2)16-13(15-7)22-9-3-4-10-11(6-9)18-12(17-10)19-14(20)21/h3-6H,1-2H3,(H,20,21)(H2,17,18,19). The van der Waals surface area contributed by atoms with Gasteiger partial charge in [-0.05, 0) is 49.9 Å². The summed E-state index contributed by atoms with van der Waals surface area (Å²) in [5.41, 5.74) is 3.28. The van der Waals surface area contributed by atoms with Crippen LogP contribution in [0.15, 0.2) is 34.3 Å². The van der Waals surface area contributed by atoms with Crippen LogP contribution in [0, 0.1) is 13.8 Å². The van der Waals surface area contributed by atoms with Gasteiger partial charge in [0.2, 0.25) is 5.95 Å². The molecule has 0 aliphatic rings. The van der Waals surface area contributed by atoms with Gasteiger partial charge in [-0.2, -0.15) is 0 Å². The van der Waals surface area contributed by atoms with Crippen LogP contribution in [0.5, 0.6) is 0 Å². The van der Waals surface area contributed by atoms with Gasteiger partial charge in [0.25, 0.3) is 0 Å². The summed E-state index contributed by atoms with van der Waals surface area (Å²) in [6, 6.07) is 7.55. The Kier molecular flexibility index (Phi) is 3.68. The summed E-state index contributed by atoms with van der Waals surface area (Å²) < 4.78 is 0. The Labute approximate surface area is 130 Å². The molecule has 1 aromatic carbocycles. The predicted molar refractivity (Wildman–Crippen MR) is 83.4 cm³/mol. The summed E-state index contributed by atoms with van der Waals surface area (Å²) in [5, 5.41) is 11.6. The molecule has 3 N–H and O–H groups in total. The first-order valence-corrected chi connectivity index (χ1v) is 7.31. The molecule has 2 aromatic heterocycles. The Morgan fingerprint density at radius 3 is 2.59 bits per heavy atom. The monoisotopic (exact) mass is 315 g/mol. The topological polar surface area (TPSA) is 104 Å². The second-order valence-electron chi connectivity index (χ2n) is 4.73. The van der Waals surface area contributed by atoms with Crippen molar-refractivity contribution >= 4 is 34.8 Å². The number of aryl methyl sites for hydroxylation is 2. The van der Waals surface area contributed by atoms with Gasteiger partial charge in [0.15, 0.2) is 5.16 Å². The molecule has 2 heterocycles. The van der Waals surface area contributed by atoms with Crippen molar-refractivity contribution in [2.75, 3.05) is 5.32 Å². The number of aromatic amines is 1. The number of amides is 1. The molecule has 0 radical (unpaired) electrons. The number of carbonyl (C=O) groups is 1. The number of benzene rings is 1. The third-order valence-corrected chi connectivity index (χ3v) is 3.71. The maximum atomic E-state index is 10.6. The third kappa shape index (κ3) is 3.17. The van der Waals surface area contributed by atoms with Gasteiger partial charge in [-0.25, -0.2) is 19.7 Å². The van der Waals surface area contributed by atoms with E-state index >= 15 is 0 Å². The van der Waals surface area contributed by atoms with Crippen molar-refractivity contribution in [3.8, 4) is 0 Å². The smallest absolute Gasteiger partial charge is 0.411 e. The van der Waals surface area contributed by atoms with Crippen LogP contribution >= 0.6 is 11.8 Å². The molecule has 0 fully saturated rings. The van der Waals surface area contributed by atoms with Gasteiger partial charge < -0.3 is 10.1 Å². The number of hydrogen-bond donors (Lipinski definition) is 3. The van der Waals surface area contributed by atoms with Crippen LogP contribution in [0.1, 0.15) is 11.4 Å². The minimum absolute atomic E-state index is 0.201. The Morgan fingerprint density at radius 1 is 1.18 bits per heavy atom. The zero-order chi connectivity index (χ0) is 15.7. The van der Waals surface area contributed by atoms with E-state index < -0.39 is 6.09 Å². The van der Waals surface area contributed by atoms with E-state index in [1.165, 1.54) is 11.8 Å². The Morgan fingerprint density at radius 2 is 1.91 bits per heavy atom. The highest BCUT2D eigenvalue weighted by atomic mass is 32.2. The van der Waals surface area contributed by atoms with Crippen molar-refractivity contribution in [2.45, 2.75) is 23.9 Å². The van der Waals surface area contributed by atoms with E-state index in [9.17, 15) is 4.79 Å². The molecule has 0 atom stereocenters. The number of imidazole rings is 1. The number of nitrogens with zero attached hydrogens (tertiary/aromatic N) is 3. The lowest BCUT2D eigenvalue weighted by Gasteiger charge is -2.02. The van der Waals surface area contributed by atoms with Gasteiger partial charge in [0, 0.05) is 16.3 Å². The average Bonchev–Trinajstić information content (AvgIpc) is 2.77. The summed E-state index contributed by atoms with van der Waals surface area (Å²) in [7, 11) is 0. The molecular weight excluding hydrogens is 302 g/mol. The van der Waals surface area contributed by atoms with Crippen molar-refractivity contribution < 1.29 is 9.90 Å². The largest absolute Gasteiger partial charge is 0.465 e. The molecule has 0 saturated heterocycles. The maximum absolute atomic E-state index is 10.6. The number of aromatic nitrogens is 4. The Bertz CT molecular complexity index is 841. The van der Waals surface area contributed by atoms with Crippen molar-refractivity contribution in [3.63, 3.8) is 0 Å². The van der Waals surface area contributed by atoms with E-state index in [-0.39, 0.29) is 5.95 Å². The Balaban J connectivity index is 1.89. The minimum Gasteiger partial charge on any atom is -0.465 e. The summed E-state index contributed by atoms with van der Waals surface area (Å²) in [4.78, 5) is 27.4. The van der Waals surface area contributed by atoms with Crippen LogP contribution < -0.4 is 5.32 Å². The van der Waals surface area contributed by atoms with Gasteiger partial charge in [-0.3, -0.25) is 5.32 Å². The van der Waals surface area contributed by atoms with Gasteiger partial charge in [0.05, 0.1) is 11.0 Å². The molecule has 7 nitrogen and oxygen atoms in total. The highest BCUT2D eigenvalue weighted by Gasteiger charge is 2.08. The number of fused-ring (bicyclic) bond motifs is 1. The van der Waals surface area contributed by atoms with Gasteiger partial charge in [0.1, 0.15) is 0 Å². The quantitative estimate of drug-likeness (QED) is 0.641. The lowest BCUT2D eigenvalue weighted by Crippen LogP contribution is -2.08. The Hall–Kier alpha value is -2.61. The van der Waals surface area contributed by atoms with Gasteiger partial charge in [-0.15, -0.1) is 0 Å². The fraction of sp³-hybridized carbons (Fsp3) is 0.143. The van der Waals surface area contributed by atoms with E-state index in [2.05, 4.69) is 25.3 Å². The second kappa shape index (κ2) is 5.64. The first kappa shape index (κ1) is 14.3. The molecule has 1 amide bonds. The number of hydrogen-bond acceptors (Lipinski definition) is 5. The van der Waals surface area contributed by atoms with Gasteiger partial charge >= 0.3 is 6.09 Å². The number of H-pyrrole nitrogens is 1. The van der Waals surface area contributed by atoms with Crippen LogP contribution in [0.3, 0.4) is 0 Å². The second-order valence-corrected chi connectivity index (χ2v) is 5.77. The molecule has 112 valence electrons. The first-order valence-electron chi connectivity index (χ1n) is 6.49. The number of rotatable bonds is 3. The lowest BCUT2D eigenvalue weighted by atomic mass is 10.3. The number of carboxylic acid groups (broad SMARTS) is 1. The van der Waals surface area contributed by atoms with Gasteiger partial charge in [-0.1, -0.05) is 0 Å². The van der Waals surface area contributed by atoms with E-state index in [0.717, 1.165) is 21.8 Å². The molecule has 0 spiro atoms. The number of anilines is 1. The fourth-order valence-electron chi connectivity index (χ4n) is 2.05. The van der Waals surface area contributed by atoms with E-state index in [4.69, 9.17) is 5.11 Å². The molecule has 0 bridgehead atoms. The van der Waals surface area contributed by atoms with Crippen LogP contribution in [0.4, 0.5) is 10.7 Å². The summed E-state index contributed by atoms with van der Waals surface area (Å²) in [5.74, 6) is 0.201. The average molecular weight is 315 g/mol. The molecule has 8 heteroatoms. The summed E-state index contributed by atoms with van der Waals surface area (Å²) >= 11 is 1.44. The molecule has 0 aliphatic carbocycles. The molecule has 22 heavy (non-hydrogen) atoms. The highest BCUT2D eigenvalue weighted by Crippen LogP contribution is 2.28. The molecule has 0 unspecified atom stereocenters. The zero-order valence-corrected chi connectivity index (χ0v) is 12.7. The van der Waals surface area contributed by atoms with Crippen LogP contribution in [0.2, 0.25) is 0 Å². The SMILES string of the molecule is Cc1cc(C)nc(Sc2ccc3[nH]c(NC(=O)O)nc3c2)n1. The van der Waals surface area contributed by atoms with Crippen LogP contribution in [-0.4, -0.2) is 31.1 Å². The van der Waals surface area contributed by atoms with E-state index in [0.29, 0.717) is 10.7 Å². The first-order chi connectivity index (χ1) is 10.5. The number of nitrogens with one attached hydrogen (secondary N) is 2. The fourth-order valence-corrected chi connectivity index (χ4v) is 2.95. The highest BCUT2D eigenvalue weighted by molar-refractivity contribution is 7.99. The van der Waals surface area contributed by atoms with Crippen LogP contribution in [0.25, 0.3) is 11.0 Å². The molecule has 0 saturated carbocycles. The van der Waals surface area contributed by atoms with E-state index in [1.807, 2.05) is 38.1 Å². The minimum atomic E-state index is -1.16. The molecular formula is C14H13N5O2S. The van der Waals surface area contributed by atoms with E-state index in [1.54, 1.807) is 0 Å². The van der Waals surface area contributed by atoms with Crippen molar-refractivity contribution in [1.82, 2.24) is 19.9 Å². The van der Waals surface area contributed by atoms with Crippen molar-refractivity contribution in [3.05, 3.63) is 35.7 Å². The summed E-state index contributed by atoms with van der Waals surface area (Å²) in [6.07, 6.45) is -1.16. The predicted octanol–water partition coefficient (Wildman–Crippen LogP) is 3.21.